The van der Waals surface area contributed by atoms with Crippen LogP contribution in [0.1, 0.15) is 33.4 Å². The van der Waals surface area contributed by atoms with Crippen LogP contribution in [0, 0.1) is 41.5 Å². The maximum absolute atomic E-state index is 2.45. The Morgan fingerprint density at radius 2 is 0.635 bits per heavy atom. The Labute approximate surface area is 313 Å². The molecule has 0 fully saturated rings. The van der Waals surface area contributed by atoms with Gasteiger partial charge >= 0.3 is 0 Å². The second kappa shape index (κ2) is 12.7. The SMILES string of the molecule is Cc1ccc(N(c2ccc3sc4ccc(N(c5ccc6sc7ccc(C)cc7c6c5)c5ccc(C)cc5C)cc4c3c2)c2ccc(C)cc2C)cc1. The van der Waals surface area contributed by atoms with Crippen molar-refractivity contribution in [1.82, 2.24) is 0 Å². The third-order valence-corrected chi connectivity index (χ3v) is 12.6. The summed E-state index contributed by atoms with van der Waals surface area (Å²) in [6.07, 6.45) is 0. The standard InChI is InChI=1S/C48H40N2S2/c1-29-7-12-35(13-8-29)49(43-17-9-30(2)23-33(43)5)36-14-20-47-41(26-36)42-28-38(16-22-48(42)52-47)50(44-18-10-31(3)24-34(44)6)37-15-21-46-40(27-37)39-25-32(4)11-19-45(39)51-46/h7-28H,1-6H3. The van der Waals surface area contributed by atoms with Gasteiger partial charge in [-0.25, -0.2) is 0 Å². The average molecular weight is 709 g/mol. The Balaban J connectivity index is 1.24. The van der Waals surface area contributed by atoms with Gasteiger partial charge in [-0.2, -0.15) is 0 Å². The van der Waals surface area contributed by atoms with E-state index in [1.165, 1.54) is 90.8 Å². The summed E-state index contributed by atoms with van der Waals surface area (Å²) in [7, 11) is 0. The molecular formula is C48H40N2S2. The summed E-state index contributed by atoms with van der Waals surface area (Å²) in [4.78, 5) is 4.86. The summed E-state index contributed by atoms with van der Waals surface area (Å²) in [5.41, 5.74) is 14.6. The van der Waals surface area contributed by atoms with E-state index in [-0.39, 0.29) is 0 Å². The van der Waals surface area contributed by atoms with Gasteiger partial charge in [0.1, 0.15) is 0 Å². The fourth-order valence-corrected chi connectivity index (χ4v) is 9.84. The van der Waals surface area contributed by atoms with Crippen LogP contribution in [0.25, 0.3) is 40.3 Å². The Bertz CT molecular complexity index is 2820. The van der Waals surface area contributed by atoms with E-state index in [0.717, 1.165) is 17.1 Å². The van der Waals surface area contributed by atoms with Crippen LogP contribution in [0.2, 0.25) is 0 Å². The van der Waals surface area contributed by atoms with Crippen LogP contribution in [-0.2, 0) is 0 Å². The van der Waals surface area contributed by atoms with Crippen LogP contribution in [0.5, 0.6) is 0 Å². The van der Waals surface area contributed by atoms with Crippen LogP contribution in [0.4, 0.5) is 34.1 Å². The van der Waals surface area contributed by atoms with Crippen molar-refractivity contribution >= 4 is 97.1 Å². The minimum Gasteiger partial charge on any atom is -0.310 e. The zero-order valence-corrected chi connectivity index (χ0v) is 32.0. The molecule has 254 valence electrons. The molecule has 0 aliphatic heterocycles. The number of anilines is 6. The maximum atomic E-state index is 2.45. The summed E-state index contributed by atoms with van der Waals surface area (Å²) in [6.45, 7) is 13.1. The third kappa shape index (κ3) is 5.63. The molecule has 0 aliphatic carbocycles. The van der Waals surface area contributed by atoms with E-state index >= 15 is 0 Å². The third-order valence-electron chi connectivity index (χ3n) is 10.3. The lowest BCUT2D eigenvalue weighted by atomic mass is 10.0. The molecule has 0 radical (unpaired) electrons. The first-order valence-electron chi connectivity index (χ1n) is 17.9. The number of hydrogen-bond acceptors (Lipinski definition) is 4. The number of aryl methyl sites for hydroxylation is 6. The van der Waals surface area contributed by atoms with Crippen molar-refractivity contribution in [3.63, 3.8) is 0 Å². The molecule has 2 nitrogen and oxygen atoms in total. The Kier molecular flexibility index (Phi) is 7.91. The van der Waals surface area contributed by atoms with Crippen molar-refractivity contribution in [2.45, 2.75) is 41.5 Å². The normalized spacial score (nSPS) is 11.7. The Morgan fingerprint density at radius 1 is 0.308 bits per heavy atom. The zero-order chi connectivity index (χ0) is 35.7. The molecule has 0 bridgehead atoms. The van der Waals surface area contributed by atoms with E-state index in [2.05, 4.69) is 185 Å². The molecule has 0 aliphatic rings. The van der Waals surface area contributed by atoms with Crippen molar-refractivity contribution < 1.29 is 0 Å². The highest BCUT2D eigenvalue weighted by atomic mass is 32.1. The van der Waals surface area contributed by atoms with Gasteiger partial charge in [0, 0.05) is 74.5 Å². The predicted octanol–water partition coefficient (Wildman–Crippen LogP) is 15.2. The molecule has 2 aromatic heterocycles. The van der Waals surface area contributed by atoms with E-state index in [4.69, 9.17) is 0 Å². The molecule has 2 heterocycles. The molecule has 9 aromatic rings. The van der Waals surface area contributed by atoms with Crippen LogP contribution in [0.3, 0.4) is 0 Å². The van der Waals surface area contributed by atoms with Crippen LogP contribution >= 0.6 is 22.7 Å². The minimum atomic E-state index is 1.16. The highest BCUT2D eigenvalue weighted by Crippen LogP contribution is 2.46. The lowest BCUT2D eigenvalue weighted by Gasteiger charge is -2.28. The first-order valence-corrected chi connectivity index (χ1v) is 19.5. The van der Waals surface area contributed by atoms with Gasteiger partial charge in [0.25, 0.3) is 0 Å². The molecule has 0 saturated heterocycles. The fourth-order valence-electron chi connectivity index (χ4n) is 7.71. The Hall–Kier alpha value is -5.42. The fraction of sp³-hybridized carbons (Fsp3) is 0.125. The summed E-state index contributed by atoms with van der Waals surface area (Å²) >= 11 is 3.74. The molecule has 7 aromatic carbocycles. The molecule has 0 N–H and O–H groups in total. The van der Waals surface area contributed by atoms with Gasteiger partial charge in [0.15, 0.2) is 0 Å². The van der Waals surface area contributed by atoms with Crippen molar-refractivity contribution in [3.8, 4) is 0 Å². The highest BCUT2D eigenvalue weighted by molar-refractivity contribution is 7.26. The Morgan fingerprint density at radius 3 is 1.08 bits per heavy atom. The van der Waals surface area contributed by atoms with Gasteiger partial charge in [0.2, 0.25) is 0 Å². The quantitative estimate of drug-likeness (QED) is 0.170. The molecule has 0 unspecified atom stereocenters. The largest absolute Gasteiger partial charge is 0.310 e. The minimum absolute atomic E-state index is 1.16. The molecule has 4 heteroatoms. The second-order valence-corrected chi connectivity index (χ2v) is 16.5. The number of fused-ring (bicyclic) bond motifs is 6. The van der Waals surface area contributed by atoms with Crippen molar-refractivity contribution in [3.05, 3.63) is 167 Å². The first-order chi connectivity index (χ1) is 25.2. The van der Waals surface area contributed by atoms with Crippen LogP contribution < -0.4 is 9.80 Å². The van der Waals surface area contributed by atoms with E-state index < -0.39 is 0 Å². The topological polar surface area (TPSA) is 6.48 Å². The molecule has 0 saturated carbocycles. The number of nitrogens with zero attached hydrogens (tertiary/aromatic N) is 2. The smallest absolute Gasteiger partial charge is 0.0490 e. The summed E-state index contributed by atoms with van der Waals surface area (Å²) in [6, 6.07) is 50.2. The second-order valence-electron chi connectivity index (χ2n) is 14.3. The van der Waals surface area contributed by atoms with Crippen molar-refractivity contribution in [1.29, 1.82) is 0 Å². The number of thiophene rings is 2. The summed E-state index contributed by atoms with van der Waals surface area (Å²) in [5, 5.41) is 5.19. The molecule has 0 amide bonds. The average Bonchev–Trinajstić information content (AvgIpc) is 3.68. The predicted molar refractivity (Wildman–Crippen MR) is 230 cm³/mol. The molecule has 0 spiro atoms. The molecule has 52 heavy (non-hydrogen) atoms. The van der Waals surface area contributed by atoms with Gasteiger partial charge in [-0.15, -0.1) is 22.7 Å². The lowest BCUT2D eigenvalue weighted by Crippen LogP contribution is -2.11. The van der Waals surface area contributed by atoms with Crippen LogP contribution in [0.15, 0.2) is 133 Å². The summed E-state index contributed by atoms with van der Waals surface area (Å²) in [5.74, 6) is 0. The zero-order valence-electron chi connectivity index (χ0n) is 30.4. The van der Waals surface area contributed by atoms with Crippen molar-refractivity contribution in [2.24, 2.45) is 0 Å². The van der Waals surface area contributed by atoms with E-state index in [1.807, 2.05) is 22.7 Å². The highest BCUT2D eigenvalue weighted by Gasteiger charge is 2.20. The van der Waals surface area contributed by atoms with Crippen LogP contribution in [-0.4, -0.2) is 0 Å². The number of benzene rings is 7. The molecule has 9 rings (SSSR count). The van der Waals surface area contributed by atoms with E-state index in [1.54, 1.807) is 0 Å². The summed E-state index contributed by atoms with van der Waals surface area (Å²) < 4.78 is 5.23. The van der Waals surface area contributed by atoms with Gasteiger partial charge in [-0.05, 0) is 144 Å². The van der Waals surface area contributed by atoms with Gasteiger partial charge in [0.05, 0.1) is 0 Å². The maximum Gasteiger partial charge on any atom is 0.0490 e. The molecular weight excluding hydrogens is 669 g/mol. The monoisotopic (exact) mass is 708 g/mol. The number of hydrogen-bond donors (Lipinski definition) is 0. The van der Waals surface area contributed by atoms with E-state index in [0.29, 0.717) is 0 Å². The first kappa shape index (κ1) is 32.5. The van der Waals surface area contributed by atoms with E-state index in [9.17, 15) is 0 Å². The van der Waals surface area contributed by atoms with Gasteiger partial charge in [-0.3, -0.25) is 0 Å². The van der Waals surface area contributed by atoms with Crippen molar-refractivity contribution in [2.75, 3.05) is 9.80 Å². The number of rotatable bonds is 6. The lowest BCUT2D eigenvalue weighted by molar-refractivity contribution is 1.24. The van der Waals surface area contributed by atoms with Gasteiger partial charge < -0.3 is 9.80 Å². The molecule has 0 atom stereocenters. The van der Waals surface area contributed by atoms with Gasteiger partial charge in [-0.1, -0.05) is 64.7 Å².